The summed E-state index contributed by atoms with van der Waals surface area (Å²) in [6.07, 6.45) is 4.05. The van der Waals surface area contributed by atoms with Crippen LogP contribution in [0.25, 0.3) is 5.69 Å². The molecule has 1 amide bonds. The summed E-state index contributed by atoms with van der Waals surface area (Å²) >= 11 is 0. The quantitative estimate of drug-likeness (QED) is 0.390. The molecule has 34 heavy (non-hydrogen) atoms. The first kappa shape index (κ1) is 23.0. The standard InChI is InChI=1S/C26H25FN4O3/c1-18-22(11-12-25(32)29-17-19-13-15-28-16-14-19)26(34-24-6-4-3-5-23(24)33-2)31(30-18)21-9-7-20(27)8-10-21/h3-10,13-16H,11-12,17H2,1-2H3,(H,29,32). The molecule has 0 aliphatic carbocycles. The molecule has 7 nitrogen and oxygen atoms in total. The minimum Gasteiger partial charge on any atom is -0.493 e. The number of hydrogen-bond acceptors (Lipinski definition) is 5. The van der Waals surface area contributed by atoms with Gasteiger partial charge >= 0.3 is 0 Å². The molecule has 8 heteroatoms. The second kappa shape index (κ2) is 10.6. The average molecular weight is 461 g/mol. The van der Waals surface area contributed by atoms with Gasteiger partial charge in [0.05, 0.1) is 18.5 Å². The molecule has 4 rings (SSSR count). The number of halogens is 1. The van der Waals surface area contributed by atoms with Crippen LogP contribution in [0, 0.1) is 12.7 Å². The van der Waals surface area contributed by atoms with Crippen LogP contribution in [0.3, 0.4) is 0 Å². The zero-order valence-corrected chi connectivity index (χ0v) is 19.0. The maximum absolute atomic E-state index is 13.5. The summed E-state index contributed by atoms with van der Waals surface area (Å²) in [6, 6.07) is 17.0. The highest BCUT2D eigenvalue weighted by molar-refractivity contribution is 5.76. The Labute approximate surface area is 197 Å². The fraction of sp³-hybridized carbons (Fsp3) is 0.192. The fourth-order valence-corrected chi connectivity index (χ4v) is 3.52. The predicted octanol–water partition coefficient (Wildman–Crippen LogP) is 4.76. The highest BCUT2D eigenvalue weighted by Crippen LogP contribution is 2.36. The van der Waals surface area contributed by atoms with Gasteiger partial charge in [0.1, 0.15) is 5.82 Å². The van der Waals surface area contributed by atoms with E-state index in [1.54, 1.807) is 48.5 Å². The van der Waals surface area contributed by atoms with Gasteiger partial charge in [0.25, 0.3) is 0 Å². The summed E-state index contributed by atoms with van der Waals surface area (Å²) in [5.41, 5.74) is 3.12. The number of methoxy groups -OCH3 is 1. The molecule has 0 unspecified atom stereocenters. The highest BCUT2D eigenvalue weighted by Gasteiger charge is 2.21. The highest BCUT2D eigenvalue weighted by atomic mass is 19.1. The molecule has 0 fully saturated rings. The molecule has 2 heterocycles. The Balaban J connectivity index is 1.59. The lowest BCUT2D eigenvalue weighted by Gasteiger charge is -2.14. The van der Waals surface area contributed by atoms with E-state index in [9.17, 15) is 9.18 Å². The van der Waals surface area contributed by atoms with E-state index in [2.05, 4.69) is 15.4 Å². The van der Waals surface area contributed by atoms with Gasteiger partial charge in [0.2, 0.25) is 11.8 Å². The molecule has 0 radical (unpaired) electrons. The molecule has 0 saturated heterocycles. The van der Waals surface area contributed by atoms with Crippen molar-refractivity contribution in [2.24, 2.45) is 0 Å². The molecule has 174 valence electrons. The zero-order valence-electron chi connectivity index (χ0n) is 19.0. The third-order valence-electron chi connectivity index (χ3n) is 5.33. The second-order valence-corrected chi connectivity index (χ2v) is 7.64. The lowest BCUT2D eigenvalue weighted by atomic mass is 10.1. The lowest BCUT2D eigenvalue weighted by molar-refractivity contribution is -0.121. The van der Waals surface area contributed by atoms with Gasteiger partial charge in [-0.1, -0.05) is 12.1 Å². The van der Waals surface area contributed by atoms with E-state index in [4.69, 9.17) is 9.47 Å². The summed E-state index contributed by atoms with van der Waals surface area (Å²) in [7, 11) is 1.57. The summed E-state index contributed by atoms with van der Waals surface area (Å²) in [4.78, 5) is 16.5. The van der Waals surface area contributed by atoms with E-state index in [-0.39, 0.29) is 18.1 Å². The van der Waals surface area contributed by atoms with Crippen molar-refractivity contribution in [3.63, 3.8) is 0 Å². The first-order chi connectivity index (χ1) is 16.5. The smallest absolute Gasteiger partial charge is 0.226 e. The molecule has 0 atom stereocenters. The average Bonchev–Trinajstić information content (AvgIpc) is 3.17. The van der Waals surface area contributed by atoms with E-state index in [0.717, 1.165) is 16.8 Å². The zero-order chi connectivity index (χ0) is 23.9. The Morgan fingerprint density at radius 3 is 2.44 bits per heavy atom. The van der Waals surface area contributed by atoms with Crippen LogP contribution in [-0.2, 0) is 17.8 Å². The largest absolute Gasteiger partial charge is 0.493 e. The van der Waals surface area contributed by atoms with Gasteiger partial charge in [-0.25, -0.2) is 9.07 Å². The Morgan fingerprint density at radius 2 is 1.74 bits per heavy atom. The van der Waals surface area contributed by atoms with Crippen molar-refractivity contribution in [3.8, 4) is 23.1 Å². The molecule has 0 spiro atoms. The van der Waals surface area contributed by atoms with Crippen LogP contribution >= 0.6 is 0 Å². The van der Waals surface area contributed by atoms with Crippen molar-refractivity contribution < 1.29 is 18.7 Å². The number of aryl methyl sites for hydroxylation is 1. The summed E-state index contributed by atoms with van der Waals surface area (Å²) < 4.78 is 26.8. The molecule has 1 N–H and O–H groups in total. The number of para-hydroxylation sites is 2. The summed E-state index contributed by atoms with van der Waals surface area (Å²) in [5, 5.41) is 7.55. The Morgan fingerprint density at radius 1 is 1.03 bits per heavy atom. The number of carbonyl (C=O) groups excluding carboxylic acids is 1. The molecular weight excluding hydrogens is 435 g/mol. The Bertz CT molecular complexity index is 1260. The first-order valence-corrected chi connectivity index (χ1v) is 10.9. The minimum absolute atomic E-state index is 0.0889. The maximum atomic E-state index is 13.5. The Kier molecular flexibility index (Phi) is 7.17. The monoisotopic (exact) mass is 460 g/mol. The third kappa shape index (κ3) is 5.40. The molecule has 2 aromatic carbocycles. The van der Waals surface area contributed by atoms with Crippen LogP contribution in [0.4, 0.5) is 4.39 Å². The molecule has 2 aromatic heterocycles. The van der Waals surface area contributed by atoms with Gasteiger partial charge in [0, 0.05) is 30.9 Å². The Hall–Kier alpha value is -4.20. The van der Waals surface area contributed by atoms with E-state index in [1.165, 1.54) is 12.1 Å². The normalized spacial score (nSPS) is 10.7. The van der Waals surface area contributed by atoms with Crippen LogP contribution in [0.1, 0.15) is 23.2 Å². The van der Waals surface area contributed by atoms with Crippen LogP contribution in [0.2, 0.25) is 0 Å². The summed E-state index contributed by atoms with van der Waals surface area (Å²) in [6.45, 7) is 2.29. The number of nitrogens with one attached hydrogen (secondary N) is 1. The van der Waals surface area contributed by atoms with E-state index in [0.29, 0.717) is 36.0 Å². The molecule has 0 aliphatic rings. The van der Waals surface area contributed by atoms with Gasteiger partial charge in [-0.2, -0.15) is 5.10 Å². The van der Waals surface area contributed by atoms with Crippen molar-refractivity contribution in [2.75, 3.05) is 7.11 Å². The maximum Gasteiger partial charge on any atom is 0.226 e. The summed E-state index contributed by atoms with van der Waals surface area (Å²) in [5.74, 6) is 1.10. The number of carbonyl (C=O) groups is 1. The number of benzene rings is 2. The number of amides is 1. The van der Waals surface area contributed by atoms with Crippen LogP contribution in [0.5, 0.6) is 17.4 Å². The molecule has 0 bridgehead atoms. The van der Waals surface area contributed by atoms with Gasteiger partial charge in [-0.05, 0) is 67.4 Å². The van der Waals surface area contributed by atoms with Crippen LogP contribution < -0.4 is 14.8 Å². The third-order valence-corrected chi connectivity index (χ3v) is 5.33. The van der Waals surface area contributed by atoms with E-state index < -0.39 is 0 Å². The van der Waals surface area contributed by atoms with Gasteiger partial charge in [-0.15, -0.1) is 0 Å². The lowest BCUT2D eigenvalue weighted by Crippen LogP contribution is -2.23. The number of rotatable bonds is 9. The first-order valence-electron chi connectivity index (χ1n) is 10.9. The van der Waals surface area contributed by atoms with Crippen molar-refractivity contribution in [1.29, 1.82) is 0 Å². The van der Waals surface area contributed by atoms with Crippen LogP contribution in [0.15, 0.2) is 73.1 Å². The predicted molar refractivity (Wildman–Crippen MR) is 126 cm³/mol. The van der Waals surface area contributed by atoms with Crippen molar-refractivity contribution in [3.05, 3.63) is 95.7 Å². The van der Waals surface area contributed by atoms with Crippen molar-refractivity contribution in [1.82, 2.24) is 20.1 Å². The minimum atomic E-state index is -0.342. The fourth-order valence-electron chi connectivity index (χ4n) is 3.52. The van der Waals surface area contributed by atoms with Gasteiger partial charge in [0.15, 0.2) is 11.5 Å². The van der Waals surface area contributed by atoms with Gasteiger partial charge in [-0.3, -0.25) is 9.78 Å². The van der Waals surface area contributed by atoms with E-state index >= 15 is 0 Å². The number of pyridine rings is 1. The molecule has 0 saturated carbocycles. The number of hydrogen-bond donors (Lipinski definition) is 1. The van der Waals surface area contributed by atoms with Gasteiger partial charge < -0.3 is 14.8 Å². The van der Waals surface area contributed by atoms with Crippen molar-refractivity contribution >= 4 is 5.91 Å². The second-order valence-electron chi connectivity index (χ2n) is 7.64. The molecular formula is C26H25FN4O3. The van der Waals surface area contributed by atoms with Crippen LogP contribution in [-0.4, -0.2) is 27.8 Å². The SMILES string of the molecule is COc1ccccc1Oc1c(CCC(=O)NCc2ccncc2)c(C)nn1-c1ccc(F)cc1. The van der Waals surface area contributed by atoms with E-state index in [1.807, 2.05) is 31.2 Å². The number of ether oxygens (including phenoxy) is 2. The number of aromatic nitrogens is 3. The topological polar surface area (TPSA) is 78.3 Å². The number of nitrogens with zero attached hydrogens (tertiary/aromatic N) is 3. The van der Waals surface area contributed by atoms with Crippen molar-refractivity contribution in [2.45, 2.75) is 26.3 Å². The molecule has 0 aliphatic heterocycles. The molecule has 4 aromatic rings.